The highest BCUT2D eigenvalue weighted by Crippen LogP contribution is 2.32. The van der Waals surface area contributed by atoms with E-state index in [9.17, 15) is 23.3 Å². The summed E-state index contributed by atoms with van der Waals surface area (Å²) in [6.45, 7) is 0. The summed E-state index contributed by atoms with van der Waals surface area (Å²) in [5.74, 6) is 0.757. The van der Waals surface area contributed by atoms with Gasteiger partial charge in [0.05, 0.1) is 16.0 Å². The molecule has 0 amide bonds. The number of para-hydroxylation sites is 2. The number of hydrogen-bond acceptors (Lipinski definition) is 8. The van der Waals surface area contributed by atoms with Gasteiger partial charge in [0.2, 0.25) is 17.5 Å². The van der Waals surface area contributed by atoms with Gasteiger partial charge in [-0.15, -0.1) is 10.2 Å². The molecule has 0 atom stereocenters. The molecule has 3 heterocycles. The smallest absolute Gasteiger partial charge is 0.416 e. The minimum Gasteiger partial charge on any atom is -0.416 e. The highest BCUT2D eigenvalue weighted by atomic mass is 19.4. The third-order valence-electron chi connectivity index (χ3n) is 7.27. The topological polar surface area (TPSA) is 125 Å². The molecule has 0 radical (unpaired) electrons. The second-order valence-electron chi connectivity index (χ2n) is 10.2. The average Bonchev–Trinajstić information content (AvgIpc) is 3.73. The predicted molar refractivity (Wildman–Crippen MR) is 158 cm³/mol. The maximum Gasteiger partial charge on any atom is 0.416 e. The number of fused-ring (bicyclic) bond motifs is 1. The number of aromatic nitrogens is 5. The van der Waals surface area contributed by atoms with Crippen LogP contribution >= 0.6 is 0 Å². The molecular weight excluding hydrogens is 601 g/mol. The third kappa shape index (κ3) is 5.45. The van der Waals surface area contributed by atoms with E-state index in [2.05, 4.69) is 20.3 Å². The van der Waals surface area contributed by atoms with Crippen LogP contribution in [0.5, 0.6) is 0 Å². The number of benzene rings is 4. The number of hydrogen-bond donors (Lipinski definition) is 0. The lowest BCUT2D eigenvalue weighted by molar-refractivity contribution is -0.667. The molecule has 0 saturated heterocycles. The summed E-state index contributed by atoms with van der Waals surface area (Å²) in [7, 11) is 0. The van der Waals surface area contributed by atoms with E-state index in [-0.39, 0.29) is 35.3 Å². The van der Waals surface area contributed by atoms with Crippen LogP contribution in [0, 0.1) is 10.1 Å². The Morgan fingerprint density at radius 1 is 0.783 bits per heavy atom. The van der Waals surface area contributed by atoms with Crippen LogP contribution < -0.4 is 4.68 Å². The summed E-state index contributed by atoms with van der Waals surface area (Å²) in [5.41, 5.74) is 2.26. The first-order chi connectivity index (χ1) is 22.2. The zero-order chi connectivity index (χ0) is 31.8. The van der Waals surface area contributed by atoms with Crippen LogP contribution in [0.2, 0.25) is 0 Å². The summed E-state index contributed by atoms with van der Waals surface area (Å²) >= 11 is 0. The monoisotopic (exact) mass is 621 g/mol. The minimum absolute atomic E-state index is 0.0253. The first-order valence-corrected chi connectivity index (χ1v) is 13.8. The average molecular weight is 622 g/mol. The number of halogens is 3. The normalized spacial score (nSPS) is 11.6. The molecule has 0 aliphatic carbocycles. The maximum absolute atomic E-state index is 13.2. The van der Waals surface area contributed by atoms with Crippen LogP contribution in [-0.4, -0.2) is 25.2 Å². The van der Waals surface area contributed by atoms with E-state index in [1.165, 1.54) is 22.9 Å². The van der Waals surface area contributed by atoms with Gasteiger partial charge < -0.3 is 8.83 Å². The van der Waals surface area contributed by atoms with Crippen molar-refractivity contribution in [3.05, 3.63) is 136 Å². The van der Waals surface area contributed by atoms with Crippen molar-refractivity contribution in [2.75, 3.05) is 0 Å². The van der Waals surface area contributed by atoms with Gasteiger partial charge in [-0.2, -0.15) is 13.2 Å². The van der Waals surface area contributed by atoms with Gasteiger partial charge in [-0.25, -0.2) is 0 Å². The summed E-state index contributed by atoms with van der Waals surface area (Å²) in [4.78, 5) is 15.6. The second kappa shape index (κ2) is 11.4. The van der Waals surface area contributed by atoms with Crippen LogP contribution in [0.3, 0.4) is 0 Å². The lowest BCUT2D eigenvalue weighted by Gasteiger charge is -2.05. The standard InChI is InChI=1S/C33H20F3N6O4/c34-33(35,36)23-14-12-20(13-15-23)31-40-41(29(45-31)19-21-6-1-4-11-28(21)42(43)44)24-8-5-7-22(18-24)30-38-39-32(46-30)26-16-17-37-27-10-3-2-9-25(26)27/h1-18H,19H2/q+1. The van der Waals surface area contributed by atoms with Crippen LogP contribution in [0.25, 0.3) is 51.0 Å². The van der Waals surface area contributed by atoms with Gasteiger partial charge in [-0.3, -0.25) is 15.1 Å². The van der Waals surface area contributed by atoms with E-state index >= 15 is 0 Å². The molecule has 3 aromatic heterocycles. The molecule has 10 nitrogen and oxygen atoms in total. The van der Waals surface area contributed by atoms with Gasteiger partial charge in [0.1, 0.15) is 6.42 Å². The molecule has 13 heteroatoms. The molecular formula is C33H20F3N6O4+. The van der Waals surface area contributed by atoms with Crippen molar-refractivity contribution in [2.45, 2.75) is 12.6 Å². The van der Waals surface area contributed by atoms with E-state index in [0.29, 0.717) is 22.7 Å². The zero-order valence-corrected chi connectivity index (χ0v) is 23.5. The number of nitrogens with zero attached hydrogens (tertiary/aromatic N) is 6. The van der Waals surface area contributed by atoms with E-state index in [4.69, 9.17) is 8.83 Å². The molecule has 0 spiro atoms. The lowest BCUT2D eigenvalue weighted by atomic mass is 10.1. The molecule has 0 unspecified atom stereocenters. The van der Waals surface area contributed by atoms with E-state index in [1.807, 2.05) is 24.3 Å². The van der Waals surface area contributed by atoms with Crippen molar-refractivity contribution in [1.82, 2.24) is 20.3 Å². The zero-order valence-electron chi connectivity index (χ0n) is 23.5. The molecule has 46 heavy (non-hydrogen) atoms. The SMILES string of the molecule is O=[N+]([O-])c1ccccc1Cc1oc(-c2ccc(C(F)(F)F)cc2)n[n+]1-c1cccc(-c2nnc(-c3ccnc4ccccc34)o2)c1. The minimum atomic E-state index is -4.51. The Hall–Kier alpha value is -6.24. The number of pyridine rings is 1. The maximum atomic E-state index is 13.2. The Morgan fingerprint density at radius 2 is 1.54 bits per heavy atom. The van der Waals surface area contributed by atoms with Gasteiger partial charge in [0.15, 0.2) is 0 Å². The molecule has 0 N–H and O–H groups in total. The lowest BCUT2D eigenvalue weighted by Crippen LogP contribution is -2.36. The Balaban J connectivity index is 1.29. The van der Waals surface area contributed by atoms with Crippen LogP contribution in [0.15, 0.2) is 118 Å². The highest BCUT2D eigenvalue weighted by molar-refractivity contribution is 5.92. The van der Waals surface area contributed by atoms with Gasteiger partial charge in [-0.05, 0) is 47.1 Å². The Bertz CT molecular complexity index is 2220. The quantitative estimate of drug-likeness (QED) is 0.102. The Morgan fingerprint density at radius 3 is 2.35 bits per heavy atom. The third-order valence-corrected chi connectivity index (χ3v) is 7.27. The first kappa shape index (κ1) is 28.5. The largest absolute Gasteiger partial charge is 0.416 e. The predicted octanol–water partition coefficient (Wildman–Crippen LogP) is 7.40. The molecule has 0 aliphatic heterocycles. The van der Waals surface area contributed by atoms with Crippen molar-refractivity contribution in [3.8, 4) is 40.0 Å². The number of alkyl halides is 3. The van der Waals surface area contributed by atoms with E-state index in [0.717, 1.165) is 28.6 Å². The van der Waals surface area contributed by atoms with Gasteiger partial charge in [-0.1, -0.05) is 42.5 Å². The summed E-state index contributed by atoms with van der Waals surface area (Å²) in [6, 6.07) is 26.9. The molecule has 7 rings (SSSR count). The van der Waals surface area contributed by atoms with Crippen molar-refractivity contribution in [1.29, 1.82) is 0 Å². The number of nitro groups is 1. The second-order valence-corrected chi connectivity index (χ2v) is 10.2. The Kier molecular flexibility index (Phi) is 7.04. The van der Waals surface area contributed by atoms with Crippen LogP contribution in [0.1, 0.15) is 17.0 Å². The summed E-state index contributed by atoms with van der Waals surface area (Å²) < 4.78 is 53.1. The molecule has 226 valence electrons. The van der Waals surface area contributed by atoms with Crippen molar-refractivity contribution in [2.24, 2.45) is 0 Å². The molecule has 0 fully saturated rings. The van der Waals surface area contributed by atoms with Gasteiger partial charge >= 0.3 is 12.1 Å². The van der Waals surface area contributed by atoms with Crippen molar-refractivity contribution < 1.29 is 31.6 Å². The fourth-order valence-electron chi connectivity index (χ4n) is 5.06. The van der Waals surface area contributed by atoms with Gasteiger partial charge in [0, 0.05) is 57.1 Å². The fraction of sp³-hybridized carbons (Fsp3) is 0.0606. The number of rotatable bonds is 7. The summed E-state index contributed by atoms with van der Waals surface area (Å²) in [6.07, 6.45) is -2.88. The summed E-state index contributed by atoms with van der Waals surface area (Å²) in [5, 5.41) is 25.6. The first-order valence-electron chi connectivity index (χ1n) is 13.8. The molecule has 0 bridgehead atoms. The highest BCUT2D eigenvalue weighted by Gasteiger charge is 2.32. The van der Waals surface area contributed by atoms with E-state index < -0.39 is 16.7 Å². The van der Waals surface area contributed by atoms with Crippen molar-refractivity contribution >= 4 is 16.6 Å². The number of nitro benzene ring substituents is 1. The fourth-order valence-corrected chi connectivity index (χ4v) is 5.06. The van der Waals surface area contributed by atoms with Crippen LogP contribution in [-0.2, 0) is 12.6 Å². The van der Waals surface area contributed by atoms with Gasteiger partial charge in [0.25, 0.3) is 11.6 Å². The van der Waals surface area contributed by atoms with Crippen LogP contribution in [0.4, 0.5) is 18.9 Å². The molecule has 0 saturated carbocycles. The van der Waals surface area contributed by atoms with E-state index in [1.54, 1.807) is 54.7 Å². The van der Waals surface area contributed by atoms with Crippen molar-refractivity contribution in [3.63, 3.8) is 0 Å². The Labute approximate surface area is 257 Å². The molecule has 4 aromatic carbocycles. The molecule has 0 aliphatic rings. The molecule has 7 aromatic rings.